The number of nitrogens with one attached hydrogen (secondary N) is 1. The molecule has 2 aromatic rings. The summed E-state index contributed by atoms with van der Waals surface area (Å²) in [4.78, 5) is 23.1. The number of amides is 1. The standard InChI is InChI=1S/C15H12ClNO4/c1-8-2-4-10(7-11(8)15(20)21)17-14(19)12-6-9(16)3-5-13(12)18/h2-7,18H,1H3,(H,17,19)(H,20,21). The van der Waals surface area contributed by atoms with E-state index >= 15 is 0 Å². The lowest BCUT2D eigenvalue weighted by Gasteiger charge is -2.09. The zero-order valence-electron chi connectivity index (χ0n) is 11.1. The highest BCUT2D eigenvalue weighted by molar-refractivity contribution is 6.31. The first kappa shape index (κ1) is 14.9. The van der Waals surface area contributed by atoms with Gasteiger partial charge in [0.25, 0.3) is 5.91 Å². The van der Waals surface area contributed by atoms with Gasteiger partial charge in [0.15, 0.2) is 0 Å². The smallest absolute Gasteiger partial charge is 0.336 e. The van der Waals surface area contributed by atoms with Crippen LogP contribution in [-0.4, -0.2) is 22.1 Å². The molecule has 3 N–H and O–H groups in total. The third-order valence-electron chi connectivity index (χ3n) is 2.93. The number of anilines is 1. The molecule has 0 aliphatic rings. The first-order chi connectivity index (χ1) is 9.88. The van der Waals surface area contributed by atoms with E-state index in [9.17, 15) is 14.7 Å². The van der Waals surface area contributed by atoms with E-state index in [0.717, 1.165) is 0 Å². The van der Waals surface area contributed by atoms with Crippen molar-refractivity contribution < 1.29 is 19.8 Å². The van der Waals surface area contributed by atoms with Crippen molar-refractivity contribution in [2.45, 2.75) is 6.92 Å². The van der Waals surface area contributed by atoms with Crippen molar-refractivity contribution in [2.24, 2.45) is 0 Å². The Morgan fingerprint density at radius 3 is 2.48 bits per heavy atom. The molecule has 21 heavy (non-hydrogen) atoms. The van der Waals surface area contributed by atoms with E-state index in [1.165, 1.54) is 24.3 Å². The van der Waals surface area contributed by atoms with Crippen LogP contribution in [0.5, 0.6) is 5.75 Å². The molecule has 0 saturated carbocycles. The van der Waals surface area contributed by atoms with E-state index < -0.39 is 11.9 Å². The van der Waals surface area contributed by atoms with Gasteiger partial charge in [-0.25, -0.2) is 4.79 Å². The zero-order chi connectivity index (χ0) is 15.6. The van der Waals surface area contributed by atoms with Crippen LogP contribution in [0.15, 0.2) is 36.4 Å². The Kier molecular flexibility index (Phi) is 4.14. The molecular weight excluding hydrogens is 294 g/mol. The van der Waals surface area contributed by atoms with Gasteiger partial charge in [0, 0.05) is 10.7 Å². The molecule has 1 amide bonds. The van der Waals surface area contributed by atoms with Crippen molar-refractivity contribution in [2.75, 3.05) is 5.32 Å². The third kappa shape index (κ3) is 3.32. The van der Waals surface area contributed by atoms with E-state index in [1.54, 1.807) is 19.1 Å². The lowest BCUT2D eigenvalue weighted by atomic mass is 10.1. The number of rotatable bonds is 3. The minimum atomic E-state index is -1.07. The third-order valence-corrected chi connectivity index (χ3v) is 3.16. The van der Waals surface area contributed by atoms with Gasteiger partial charge in [-0.1, -0.05) is 17.7 Å². The van der Waals surface area contributed by atoms with Crippen LogP contribution in [0.3, 0.4) is 0 Å². The SMILES string of the molecule is Cc1ccc(NC(=O)c2cc(Cl)ccc2O)cc1C(=O)O. The summed E-state index contributed by atoms with van der Waals surface area (Å²) in [6.45, 7) is 1.66. The van der Waals surface area contributed by atoms with Crippen LogP contribution in [0.25, 0.3) is 0 Å². The van der Waals surface area contributed by atoms with Crippen molar-refractivity contribution in [3.63, 3.8) is 0 Å². The molecular formula is C15H12ClNO4. The number of benzene rings is 2. The van der Waals surface area contributed by atoms with Crippen LogP contribution in [0.2, 0.25) is 5.02 Å². The number of hydrogen-bond acceptors (Lipinski definition) is 3. The Morgan fingerprint density at radius 1 is 1.10 bits per heavy atom. The molecule has 0 aliphatic carbocycles. The number of aryl methyl sites for hydroxylation is 1. The van der Waals surface area contributed by atoms with Crippen molar-refractivity contribution >= 4 is 29.2 Å². The van der Waals surface area contributed by atoms with Gasteiger partial charge in [0.05, 0.1) is 11.1 Å². The summed E-state index contributed by atoms with van der Waals surface area (Å²) in [6.07, 6.45) is 0. The topological polar surface area (TPSA) is 86.6 Å². The number of phenols is 1. The maximum Gasteiger partial charge on any atom is 0.336 e. The summed E-state index contributed by atoms with van der Waals surface area (Å²) >= 11 is 5.78. The summed E-state index contributed by atoms with van der Waals surface area (Å²) < 4.78 is 0. The van der Waals surface area contributed by atoms with Crippen LogP contribution in [0.1, 0.15) is 26.3 Å². The average molecular weight is 306 g/mol. The molecule has 2 rings (SSSR count). The summed E-state index contributed by atoms with van der Waals surface area (Å²) in [5.74, 6) is -1.85. The zero-order valence-corrected chi connectivity index (χ0v) is 11.8. The quantitative estimate of drug-likeness (QED) is 0.812. The summed E-state index contributed by atoms with van der Waals surface area (Å²) in [6, 6.07) is 8.64. The molecule has 0 saturated heterocycles. The Balaban J connectivity index is 2.29. The molecule has 0 aliphatic heterocycles. The first-order valence-corrected chi connectivity index (χ1v) is 6.40. The normalized spacial score (nSPS) is 10.2. The summed E-state index contributed by atoms with van der Waals surface area (Å²) in [7, 11) is 0. The predicted octanol–water partition coefficient (Wildman–Crippen LogP) is 3.30. The van der Waals surface area contributed by atoms with Gasteiger partial charge in [0.2, 0.25) is 0 Å². The van der Waals surface area contributed by atoms with E-state index in [4.69, 9.17) is 16.7 Å². The fourth-order valence-electron chi connectivity index (χ4n) is 1.82. The van der Waals surface area contributed by atoms with Gasteiger partial charge in [-0.15, -0.1) is 0 Å². The largest absolute Gasteiger partial charge is 0.507 e. The van der Waals surface area contributed by atoms with Gasteiger partial charge < -0.3 is 15.5 Å². The number of carbonyl (C=O) groups is 2. The van der Waals surface area contributed by atoms with Gasteiger partial charge in [0.1, 0.15) is 5.75 Å². The molecule has 5 nitrogen and oxygen atoms in total. The molecule has 0 bridgehead atoms. The van der Waals surface area contributed by atoms with E-state index in [1.807, 2.05) is 0 Å². The predicted molar refractivity (Wildman–Crippen MR) is 79.2 cm³/mol. The first-order valence-electron chi connectivity index (χ1n) is 6.02. The number of aromatic carboxylic acids is 1. The second-order valence-electron chi connectivity index (χ2n) is 4.45. The highest BCUT2D eigenvalue weighted by Gasteiger charge is 2.14. The molecule has 0 unspecified atom stereocenters. The van der Waals surface area contributed by atoms with Crippen LogP contribution in [0, 0.1) is 6.92 Å². The molecule has 2 aromatic carbocycles. The second kappa shape index (κ2) is 5.85. The van der Waals surface area contributed by atoms with Crippen LogP contribution >= 0.6 is 11.6 Å². The molecule has 0 spiro atoms. The van der Waals surface area contributed by atoms with Crippen LogP contribution < -0.4 is 5.32 Å². The van der Waals surface area contributed by atoms with Crippen LogP contribution in [0.4, 0.5) is 5.69 Å². The molecule has 0 heterocycles. The maximum atomic E-state index is 12.1. The number of carboxylic acid groups (broad SMARTS) is 1. The van der Waals surface area contributed by atoms with Gasteiger partial charge in [-0.2, -0.15) is 0 Å². The minimum absolute atomic E-state index is 0.0138. The number of carbonyl (C=O) groups excluding carboxylic acids is 1. The number of carboxylic acids is 1. The van der Waals surface area contributed by atoms with Gasteiger partial charge in [-0.3, -0.25) is 4.79 Å². The van der Waals surface area contributed by atoms with Crippen LogP contribution in [-0.2, 0) is 0 Å². The van der Waals surface area contributed by atoms with Gasteiger partial charge in [-0.05, 0) is 42.8 Å². The maximum absolute atomic E-state index is 12.1. The van der Waals surface area contributed by atoms with E-state index in [0.29, 0.717) is 16.3 Å². The Labute approximate surface area is 125 Å². The van der Waals surface area contributed by atoms with Crippen molar-refractivity contribution in [3.8, 4) is 5.75 Å². The second-order valence-corrected chi connectivity index (χ2v) is 4.89. The molecule has 6 heteroatoms. The summed E-state index contributed by atoms with van der Waals surface area (Å²) in [5.41, 5.74) is 1.02. The van der Waals surface area contributed by atoms with Crippen molar-refractivity contribution in [3.05, 3.63) is 58.1 Å². The molecule has 0 atom stereocenters. The van der Waals surface area contributed by atoms with E-state index in [-0.39, 0.29) is 16.9 Å². The minimum Gasteiger partial charge on any atom is -0.507 e. The number of phenolic OH excluding ortho intramolecular Hbond substituents is 1. The molecule has 0 radical (unpaired) electrons. The Bertz CT molecular complexity index is 728. The molecule has 0 fully saturated rings. The lowest BCUT2D eigenvalue weighted by Crippen LogP contribution is -2.13. The van der Waals surface area contributed by atoms with Gasteiger partial charge >= 0.3 is 5.97 Å². The fourth-order valence-corrected chi connectivity index (χ4v) is 1.99. The van der Waals surface area contributed by atoms with E-state index in [2.05, 4.69) is 5.32 Å². The number of hydrogen-bond donors (Lipinski definition) is 3. The fraction of sp³-hybridized carbons (Fsp3) is 0.0667. The Morgan fingerprint density at radius 2 is 1.81 bits per heavy atom. The monoisotopic (exact) mass is 305 g/mol. The summed E-state index contributed by atoms with van der Waals surface area (Å²) in [5, 5.41) is 21.5. The lowest BCUT2D eigenvalue weighted by molar-refractivity contribution is 0.0695. The highest BCUT2D eigenvalue weighted by atomic mass is 35.5. The number of aromatic hydroxyl groups is 1. The Hall–Kier alpha value is -2.53. The average Bonchev–Trinajstić information content (AvgIpc) is 2.43. The molecule has 108 valence electrons. The molecule has 0 aromatic heterocycles. The number of halogens is 1. The van der Waals surface area contributed by atoms with Crippen molar-refractivity contribution in [1.82, 2.24) is 0 Å². The highest BCUT2D eigenvalue weighted by Crippen LogP contribution is 2.23. The van der Waals surface area contributed by atoms with Crippen molar-refractivity contribution in [1.29, 1.82) is 0 Å².